The number of carbonyl (C=O) groups is 1. The third-order valence-corrected chi connectivity index (χ3v) is 4.32. The molecule has 0 unspecified atom stereocenters. The van der Waals surface area contributed by atoms with Gasteiger partial charge in [-0.05, 0) is 6.07 Å². The van der Waals surface area contributed by atoms with E-state index in [0.29, 0.717) is 42.2 Å². The maximum absolute atomic E-state index is 12.3. The molecule has 7 heteroatoms. The molecule has 1 aromatic heterocycles. The van der Waals surface area contributed by atoms with Gasteiger partial charge in [-0.15, -0.1) is 0 Å². The number of ether oxygens (including phenoxy) is 1. The average Bonchev–Trinajstić information content (AvgIpc) is 2.56. The summed E-state index contributed by atoms with van der Waals surface area (Å²) in [5, 5.41) is 1.01. The molecule has 2 saturated heterocycles. The van der Waals surface area contributed by atoms with Crippen LogP contribution in [0.2, 0.25) is 10.0 Å². The molecule has 2 aliphatic heterocycles. The summed E-state index contributed by atoms with van der Waals surface area (Å²) in [7, 11) is 1.83. The molecule has 0 aliphatic carbocycles. The summed E-state index contributed by atoms with van der Waals surface area (Å²) in [4.78, 5) is 20.4. The molecule has 2 bridgehead atoms. The lowest BCUT2D eigenvalue weighted by Gasteiger charge is -2.30. The Bertz CT molecular complexity index is 540. The number of anilines is 1. The summed E-state index contributed by atoms with van der Waals surface area (Å²) < 4.78 is 5.57. The van der Waals surface area contributed by atoms with Crippen molar-refractivity contribution < 1.29 is 9.53 Å². The third kappa shape index (κ3) is 2.45. The Balaban J connectivity index is 1.94. The van der Waals surface area contributed by atoms with Crippen LogP contribution in [0.4, 0.5) is 5.82 Å². The standard InChI is InChI=1S/C13H15Cl2N3O2/c1-17-10-5-18(4-8(13(17)19)6-20-7-10)12-11(15)2-9(14)3-16-12/h2-3,8,10H,4-7H2,1H3/t8-,10+/m1/s1. The molecule has 0 spiro atoms. The van der Waals surface area contributed by atoms with Gasteiger partial charge in [-0.25, -0.2) is 4.98 Å². The van der Waals surface area contributed by atoms with Crippen molar-refractivity contribution in [3.8, 4) is 0 Å². The van der Waals surface area contributed by atoms with E-state index in [1.165, 1.54) is 0 Å². The van der Waals surface area contributed by atoms with Crippen LogP contribution < -0.4 is 4.90 Å². The number of halogens is 2. The zero-order valence-electron chi connectivity index (χ0n) is 11.1. The van der Waals surface area contributed by atoms with Crippen molar-refractivity contribution in [1.82, 2.24) is 9.88 Å². The maximum Gasteiger partial charge on any atom is 0.229 e. The third-order valence-electron chi connectivity index (χ3n) is 3.83. The maximum atomic E-state index is 12.3. The first-order valence-electron chi connectivity index (χ1n) is 6.46. The van der Waals surface area contributed by atoms with Gasteiger partial charge in [0.2, 0.25) is 5.91 Å². The highest BCUT2D eigenvalue weighted by Crippen LogP contribution is 2.29. The van der Waals surface area contributed by atoms with Crippen molar-refractivity contribution >= 4 is 34.9 Å². The molecular weight excluding hydrogens is 301 g/mol. The number of amides is 1. The van der Waals surface area contributed by atoms with Gasteiger partial charge in [0.25, 0.3) is 0 Å². The first-order chi connectivity index (χ1) is 9.56. The number of aromatic nitrogens is 1. The first-order valence-corrected chi connectivity index (χ1v) is 7.22. The van der Waals surface area contributed by atoms with Crippen LogP contribution in [0.25, 0.3) is 0 Å². The van der Waals surface area contributed by atoms with Crippen molar-refractivity contribution in [3.63, 3.8) is 0 Å². The first kappa shape index (κ1) is 13.9. The second kappa shape index (κ2) is 5.39. The Kier molecular flexibility index (Phi) is 3.75. The molecule has 2 atom stereocenters. The summed E-state index contributed by atoms with van der Waals surface area (Å²) >= 11 is 12.1. The van der Waals surface area contributed by atoms with E-state index in [1.807, 2.05) is 7.05 Å². The van der Waals surface area contributed by atoms with E-state index >= 15 is 0 Å². The molecule has 5 nitrogen and oxygen atoms in total. The van der Waals surface area contributed by atoms with Crippen molar-refractivity contribution in [2.24, 2.45) is 5.92 Å². The molecule has 0 N–H and O–H groups in total. The quantitative estimate of drug-likeness (QED) is 0.791. The number of carbonyl (C=O) groups excluding carboxylic acids is 1. The predicted molar refractivity (Wildman–Crippen MR) is 77.3 cm³/mol. The number of pyridine rings is 1. The zero-order chi connectivity index (χ0) is 14.3. The molecule has 3 heterocycles. The molecule has 3 rings (SSSR count). The molecule has 0 saturated carbocycles. The minimum Gasteiger partial charge on any atom is -0.378 e. The number of hydrogen-bond donors (Lipinski definition) is 0. The van der Waals surface area contributed by atoms with Crippen molar-refractivity contribution in [2.45, 2.75) is 6.04 Å². The minimum atomic E-state index is -0.180. The van der Waals surface area contributed by atoms with Gasteiger partial charge in [0.05, 0.1) is 35.2 Å². The topological polar surface area (TPSA) is 45.7 Å². The molecule has 20 heavy (non-hydrogen) atoms. The van der Waals surface area contributed by atoms with Crippen LogP contribution in [0.1, 0.15) is 0 Å². The molecule has 0 radical (unpaired) electrons. The number of likely N-dealkylation sites (N-methyl/N-ethyl adjacent to an activating group) is 1. The largest absolute Gasteiger partial charge is 0.378 e. The average molecular weight is 316 g/mol. The fourth-order valence-corrected chi connectivity index (χ4v) is 3.21. The summed E-state index contributed by atoms with van der Waals surface area (Å²) in [6, 6.07) is 1.69. The van der Waals surface area contributed by atoms with Gasteiger partial charge in [0.15, 0.2) is 0 Å². The zero-order valence-corrected chi connectivity index (χ0v) is 12.6. The van der Waals surface area contributed by atoms with E-state index in [-0.39, 0.29) is 17.9 Å². The summed E-state index contributed by atoms with van der Waals surface area (Å²) in [6.07, 6.45) is 1.57. The van der Waals surface area contributed by atoms with Gasteiger partial charge in [0.1, 0.15) is 5.82 Å². The van der Waals surface area contributed by atoms with Crippen LogP contribution in [0, 0.1) is 5.92 Å². The summed E-state index contributed by atoms with van der Waals surface area (Å²) in [6.45, 7) is 2.21. The van der Waals surface area contributed by atoms with Crippen LogP contribution in [0.3, 0.4) is 0 Å². The Hall–Kier alpha value is -1.04. The van der Waals surface area contributed by atoms with Crippen molar-refractivity contribution in [1.29, 1.82) is 0 Å². The number of hydrogen-bond acceptors (Lipinski definition) is 4. The molecule has 0 aromatic carbocycles. The van der Waals surface area contributed by atoms with E-state index in [1.54, 1.807) is 17.2 Å². The van der Waals surface area contributed by atoms with Gasteiger partial charge in [-0.1, -0.05) is 23.2 Å². The Morgan fingerprint density at radius 2 is 2.15 bits per heavy atom. The smallest absolute Gasteiger partial charge is 0.229 e. The highest BCUT2D eigenvalue weighted by Gasteiger charge is 2.38. The van der Waals surface area contributed by atoms with Crippen molar-refractivity contribution in [3.05, 3.63) is 22.3 Å². The Morgan fingerprint density at radius 1 is 1.35 bits per heavy atom. The van der Waals surface area contributed by atoms with Crippen LogP contribution in [0.5, 0.6) is 0 Å². The van der Waals surface area contributed by atoms with Crippen molar-refractivity contribution in [2.75, 3.05) is 38.3 Å². The van der Waals surface area contributed by atoms with Gasteiger partial charge in [-0.2, -0.15) is 0 Å². The molecule has 1 amide bonds. The van der Waals surface area contributed by atoms with Crippen LogP contribution >= 0.6 is 23.2 Å². The molecule has 2 fully saturated rings. The second-order valence-electron chi connectivity index (χ2n) is 5.20. The number of rotatable bonds is 1. The summed E-state index contributed by atoms with van der Waals surface area (Å²) in [5.41, 5.74) is 0. The highest BCUT2D eigenvalue weighted by atomic mass is 35.5. The number of fused-ring (bicyclic) bond motifs is 3. The second-order valence-corrected chi connectivity index (χ2v) is 6.04. The Labute approximate surface area is 127 Å². The fraction of sp³-hybridized carbons (Fsp3) is 0.538. The highest BCUT2D eigenvalue weighted by molar-refractivity contribution is 6.36. The molecule has 108 valence electrons. The lowest BCUT2D eigenvalue weighted by molar-refractivity contribution is -0.133. The van der Waals surface area contributed by atoms with Gasteiger partial charge in [0, 0.05) is 26.3 Å². The lowest BCUT2D eigenvalue weighted by atomic mass is 10.1. The predicted octanol–water partition coefficient (Wildman–Crippen LogP) is 1.68. The normalized spacial score (nSPS) is 26.6. The van der Waals surface area contributed by atoms with E-state index < -0.39 is 0 Å². The van der Waals surface area contributed by atoms with E-state index in [9.17, 15) is 4.79 Å². The molecule has 2 aliphatic rings. The van der Waals surface area contributed by atoms with Gasteiger partial charge < -0.3 is 14.5 Å². The Morgan fingerprint density at radius 3 is 2.90 bits per heavy atom. The lowest BCUT2D eigenvalue weighted by Crippen LogP contribution is -2.43. The van der Waals surface area contributed by atoms with Crippen LogP contribution in [0.15, 0.2) is 12.3 Å². The number of nitrogens with zero attached hydrogens (tertiary/aromatic N) is 3. The van der Waals surface area contributed by atoms with Gasteiger partial charge in [-0.3, -0.25) is 4.79 Å². The van der Waals surface area contributed by atoms with E-state index in [2.05, 4.69) is 9.88 Å². The van der Waals surface area contributed by atoms with Crippen LogP contribution in [-0.4, -0.2) is 55.2 Å². The van der Waals surface area contributed by atoms with E-state index in [4.69, 9.17) is 27.9 Å². The molecule has 1 aromatic rings. The fourth-order valence-electron chi connectivity index (χ4n) is 2.71. The van der Waals surface area contributed by atoms with Gasteiger partial charge >= 0.3 is 0 Å². The SMILES string of the molecule is CN1C(=O)[C@H]2COC[C@@H]1CN(c1ncc(Cl)cc1Cl)C2. The summed E-state index contributed by atoms with van der Waals surface area (Å²) in [5.74, 6) is 0.622. The van der Waals surface area contributed by atoms with E-state index in [0.717, 1.165) is 0 Å². The molecular formula is C13H15Cl2N3O2. The minimum absolute atomic E-state index is 0.0172. The van der Waals surface area contributed by atoms with Crippen LogP contribution in [-0.2, 0) is 9.53 Å². The monoisotopic (exact) mass is 315 g/mol.